The topological polar surface area (TPSA) is 12.5 Å². The Kier molecular flexibility index (Phi) is 7.15. The largest absolute Gasteiger partial charge is 0.453 e. The summed E-state index contributed by atoms with van der Waals surface area (Å²) in [4.78, 5) is 2.37. The lowest BCUT2D eigenvalue weighted by Gasteiger charge is -2.36. The van der Waals surface area contributed by atoms with E-state index in [1.54, 1.807) is 0 Å². The fourth-order valence-corrected chi connectivity index (χ4v) is 5.47. The van der Waals surface area contributed by atoms with Gasteiger partial charge in [-0.1, -0.05) is 134 Å². The number of fused-ring (bicyclic) bond motifs is 2. The Labute approximate surface area is 236 Å². The molecule has 1 atom stereocenters. The second kappa shape index (κ2) is 11.3. The molecule has 1 aliphatic heterocycles. The Morgan fingerprint density at radius 1 is 0.600 bits per heavy atom. The van der Waals surface area contributed by atoms with Gasteiger partial charge in [0.2, 0.25) is 0 Å². The summed E-state index contributed by atoms with van der Waals surface area (Å²) in [6, 6.07) is 48.3. The smallest absolute Gasteiger partial charge is 0.151 e. The lowest BCUT2D eigenvalue weighted by molar-refractivity contribution is 0.471. The van der Waals surface area contributed by atoms with Crippen molar-refractivity contribution in [2.24, 2.45) is 0 Å². The van der Waals surface area contributed by atoms with Gasteiger partial charge in [0, 0.05) is 0 Å². The molecule has 0 amide bonds. The molecule has 2 heteroatoms. The maximum atomic E-state index is 6.29. The third kappa shape index (κ3) is 4.88. The van der Waals surface area contributed by atoms with Crippen LogP contribution in [0.2, 0.25) is 0 Å². The number of ether oxygens (including phenoxy) is 1. The Hall–Kier alpha value is -5.08. The molecule has 194 valence electrons. The molecule has 40 heavy (non-hydrogen) atoms. The molecule has 1 heterocycles. The van der Waals surface area contributed by atoms with Crippen LogP contribution in [0.15, 0.2) is 158 Å². The number of hydrogen-bond donors (Lipinski definition) is 0. The quantitative estimate of drug-likeness (QED) is 0.157. The first-order chi connectivity index (χ1) is 19.7. The molecule has 0 N–H and O–H groups in total. The molecule has 0 aliphatic carbocycles. The summed E-state index contributed by atoms with van der Waals surface area (Å²) in [7, 11) is 0. The molecule has 0 spiro atoms. The average Bonchev–Trinajstić information content (AvgIpc) is 3.02. The zero-order chi connectivity index (χ0) is 27.3. The molecule has 0 saturated heterocycles. The molecule has 0 aromatic heterocycles. The van der Waals surface area contributed by atoms with Crippen LogP contribution in [0.5, 0.6) is 11.5 Å². The van der Waals surface area contributed by atoms with E-state index in [1.165, 1.54) is 0 Å². The van der Waals surface area contributed by atoms with Gasteiger partial charge >= 0.3 is 0 Å². The molecular weight excluding hydrogens is 486 g/mol. The van der Waals surface area contributed by atoms with Gasteiger partial charge in [-0.05, 0) is 64.6 Å². The minimum absolute atomic E-state index is 0.00181. The van der Waals surface area contributed by atoms with Crippen molar-refractivity contribution in [2.75, 3.05) is 4.90 Å². The third-order valence-corrected chi connectivity index (χ3v) is 7.26. The molecule has 1 unspecified atom stereocenters. The van der Waals surface area contributed by atoms with Crippen molar-refractivity contribution < 1.29 is 4.74 Å². The van der Waals surface area contributed by atoms with Gasteiger partial charge in [-0.3, -0.25) is 0 Å². The highest BCUT2D eigenvalue weighted by Gasteiger charge is 2.28. The van der Waals surface area contributed by atoms with E-state index in [-0.39, 0.29) is 6.04 Å². The fourth-order valence-electron chi connectivity index (χ4n) is 5.47. The van der Waals surface area contributed by atoms with E-state index in [1.807, 2.05) is 30.3 Å². The molecule has 0 radical (unpaired) electrons. The van der Waals surface area contributed by atoms with Crippen LogP contribution in [0.1, 0.15) is 23.6 Å². The lowest BCUT2D eigenvalue weighted by atomic mass is 9.85. The number of anilines is 2. The van der Waals surface area contributed by atoms with Crippen molar-refractivity contribution in [3.63, 3.8) is 0 Å². The van der Waals surface area contributed by atoms with E-state index in [0.29, 0.717) is 0 Å². The van der Waals surface area contributed by atoms with Gasteiger partial charge in [-0.15, -0.1) is 0 Å². The first-order valence-corrected chi connectivity index (χ1v) is 13.6. The van der Waals surface area contributed by atoms with E-state index in [0.717, 1.165) is 56.3 Å². The highest BCUT2D eigenvalue weighted by molar-refractivity contribution is 6.16. The minimum atomic E-state index is 0.00181. The first-order valence-electron chi connectivity index (χ1n) is 13.6. The zero-order valence-electron chi connectivity index (χ0n) is 22.6. The van der Waals surface area contributed by atoms with Crippen LogP contribution in [0, 0.1) is 0 Å². The van der Waals surface area contributed by atoms with Crippen molar-refractivity contribution in [1.82, 2.24) is 0 Å². The number of benzene rings is 5. The summed E-state index contributed by atoms with van der Waals surface area (Å²) in [5.41, 5.74) is 8.92. The van der Waals surface area contributed by atoms with E-state index >= 15 is 0 Å². The van der Waals surface area contributed by atoms with Crippen LogP contribution in [0.4, 0.5) is 11.4 Å². The average molecular weight is 518 g/mol. The summed E-state index contributed by atoms with van der Waals surface area (Å²) in [6.45, 7) is 6.53. The van der Waals surface area contributed by atoms with Crippen LogP contribution in [-0.4, -0.2) is 6.04 Å². The van der Waals surface area contributed by atoms with Gasteiger partial charge in [0.05, 0.1) is 17.4 Å². The van der Waals surface area contributed by atoms with Gasteiger partial charge in [0.15, 0.2) is 11.5 Å². The fraction of sp³-hybridized carbons (Fsp3) is 0.0526. The zero-order valence-corrected chi connectivity index (χ0v) is 22.6. The van der Waals surface area contributed by atoms with Gasteiger partial charge in [-0.25, -0.2) is 0 Å². The van der Waals surface area contributed by atoms with E-state index in [2.05, 4.69) is 140 Å². The number of allylic oxidation sites excluding steroid dienone is 4. The molecule has 0 saturated carbocycles. The van der Waals surface area contributed by atoms with Crippen LogP contribution in [0.3, 0.4) is 0 Å². The third-order valence-electron chi connectivity index (χ3n) is 7.26. The standard InChI is InChI=1S/C38H31NO/c1-3-32(29-17-7-4-8-18-29)38(31-21-11-6-12-22-31)33(30-19-9-5-10-20-30)27-28(2)39-34-23-13-15-25-36(34)40-37-26-16-14-24-35(37)39/h3-28H,1H2,2H3/b33-27-,38-32+. The van der Waals surface area contributed by atoms with Crippen LogP contribution < -0.4 is 9.64 Å². The van der Waals surface area contributed by atoms with Crippen molar-refractivity contribution in [3.8, 4) is 11.5 Å². The van der Waals surface area contributed by atoms with Crippen molar-refractivity contribution in [1.29, 1.82) is 0 Å². The molecule has 6 rings (SSSR count). The maximum Gasteiger partial charge on any atom is 0.151 e. The Bertz CT molecular complexity index is 1640. The molecule has 0 fully saturated rings. The van der Waals surface area contributed by atoms with Crippen molar-refractivity contribution in [2.45, 2.75) is 13.0 Å². The normalized spacial score (nSPS) is 13.8. The van der Waals surface area contributed by atoms with Gasteiger partial charge in [-0.2, -0.15) is 0 Å². The molecule has 1 aliphatic rings. The summed E-state index contributed by atoms with van der Waals surface area (Å²) in [5, 5.41) is 0. The van der Waals surface area contributed by atoms with Gasteiger partial charge in [0.25, 0.3) is 0 Å². The summed E-state index contributed by atoms with van der Waals surface area (Å²) in [5.74, 6) is 1.72. The molecule has 5 aromatic carbocycles. The van der Waals surface area contributed by atoms with Crippen molar-refractivity contribution in [3.05, 3.63) is 175 Å². The number of hydrogen-bond acceptors (Lipinski definition) is 2. The molecule has 5 aromatic rings. The summed E-state index contributed by atoms with van der Waals surface area (Å²) in [6.07, 6.45) is 4.36. The minimum Gasteiger partial charge on any atom is -0.453 e. The Morgan fingerprint density at radius 2 is 1.05 bits per heavy atom. The predicted octanol–water partition coefficient (Wildman–Crippen LogP) is 10.2. The Morgan fingerprint density at radius 3 is 1.57 bits per heavy atom. The molecular formula is C38H31NO. The highest BCUT2D eigenvalue weighted by Crippen LogP contribution is 2.48. The SMILES string of the molecule is C=C/C(=C(\C(=C/C(C)N1c2ccccc2Oc2ccccc21)c1ccccc1)c1ccccc1)c1ccccc1. The van der Waals surface area contributed by atoms with Crippen LogP contribution in [-0.2, 0) is 0 Å². The predicted molar refractivity (Wildman–Crippen MR) is 169 cm³/mol. The summed E-state index contributed by atoms with van der Waals surface area (Å²) < 4.78 is 6.29. The van der Waals surface area contributed by atoms with Crippen LogP contribution in [0.25, 0.3) is 16.7 Å². The van der Waals surface area contributed by atoms with Crippen molar-refractivity contribution >= 4 is 28.1 Å². The molecule has 0 bridgehead atoms. The Balaban J connectivity index is 1.61. The highest BCUT2D eigenvalue weighted by atomic mass is 16.5. The maximum absolute atomic E-state index is 6.29. The molecule has 2 nitrogen and oxygen atoms in total. The first kappa shape index (κ1) is 25.2. The van der Waals surface area contributed by atoms with E-state index < -0.39 is 0 Å². The number of rotatable bonds is 7. The lowest BCUT2D eigenvalue weighted by Crippen LogP contribution is -2.29. The number of nitrogens with zero attached hydrogens (tertiary/aromatic N) is 1. The van der Waals surface area contributed by atoms with Gasteiger partial charge < -0.3 is 9.64 Å². The second-order valence-electron chi connectivity index (χ2n) is 9.82. The van der Waals surface area contributed by atoms with E-state index in [4.69, 9.17) is 4.74 Å². The summed E-state index contributed by atoms with van der Waals surface area (Å²) >= 11 is 0. The van der Waals surface area contributed by atoms with Gasteiger partial charge in [0.1, 0.15) is 0 Å². The van der Waals surface area contributed by atoms with E-state index in [9.17, 15) is 0 Å². The van der Waals surface area contributed by atoms with Crippen LogP contribution >= 0.6 is 0 Å². The monoisotopic (exact) mass is 517 g/mol. The second-order valence-corrected chi connectivity index (χ2v) is 9.82. The number of para-hydroxylation sites is 4.